The van der Waals surface area contributed by atoms with Crippen molar-refractivity contribution in [3.63, 3.8) is 0 Å². The van der Waals surface area contributed by atoms with E-state index in [0.29, 0.717) is 16.5 Å². The summed E-state index contributed by atoms with van der Waals surface area (Å²) in [5.74, 6) is 0. The number of aromatic nitrogens is 1. The maximum absolute atomic E-state index is 15.0. The van der Waals surface area contributed by atoms with Gasteiger partial charge in [-0.15, -0.1) is 0 Å². The van der Waals surface area contributed by atoms with Crippen LogP contribution in [0.25, 0.3) is 92.6 Å². The maximum Gasteiger partial charge on any atom is 0.266 e. The van der Waals surface area contributed by atoms with Crippen molar-refractivity contribution < 1.29 is 0 Å². The molecule has 0 unspecified atom stereocenters. The van der Waals surface area contributed by atoms with Gasteiger partial charge in [-0.25, -0.2) is 4.57 Å². The topological polar surface area (TPSA) is 39.1 Å². The van der Waals surface area contributed by atoms with E-state index in [1.165, 1.54) is 48.0 Å². The Morgan fingerprint density at radius 2 is 0.846 bits per heavy atom. The van der Waals surface area contributed by atoms with Crippen LogP contribution in [-0.4, -0.2) is 4.57 Å². The van der Waals surface area contributed by atoms with Gasteiger partial charge in [0.1, 0.15) is 0 Å². The minimum absolute atomic E-state index is 0.111. The van der Waals surface area contributed by atoms with Crippen LogP contribution in [0.5, 0.6) is 0 Å². The molecule has 0 radical (unpaired) electrons. The average molecular weight is 674 g/mol. The average Bonchev–Trinajstić information content (AvgIpc) is 3.62. The molecule has 0 aliphatic heterocycles. The van der Waals surface area contributed by atoms with Crippen molar-refractivity contribution in [2.24, 2.45) is 0 Å². The van der Waals surface area contributed by atoms with E-state index in [1.54, 1.807) is 0 Å². The van der Waals surface area contributed by atoms with Crippen LogP contribution < -0.4 is 11.1 Å². The highest BCUT2D eigenvalue weighted by atomic mass is 16.2. The quantitative estimate of drug-likeness (QED) is 0.175. The molecular weight excluding hydrogens is 635 g/mol. The number of fused-ring (bicyclic) bond motifs is 3. The van der Waals surface area contributed by atoms with Gasteiger partial charge in [0.15, 0.2) is 0 Å². The molecule has 252 valence electrons. The van der Waals surface area contributed by atoms with Crippen molar-refractivity contribution in [2.75, 3.05) is 0 Å². The normalized spacial score (nSPS) is 13.1. The lowest BCUT2D eigenvalue weighted by Crippen LogP contribution is -2.23. The van der Waals surface area contributed by atoms with Crippen LogP contribution in [0.1, 0.15) is 58.2 Å². The highest BCUT2D eigenvalue weighted by Gasteiger charge is 2.31. The summed E-state index contributed by atoms with van der Waals surface area (Å²) in [7, 11) is 0. The Labute approximate surface area is 302 Å². The zero-order valence-corrected chi connectivity index (χ0v) is 30.7. The molecule has 1 heterocycles. The second-order valence-electron chi connectivity index (χ2n) is 16.9. The SMILES string of the molecule is Cc1ccc(-n2c(=O)c3c4cc(-c5ccccc5C(C)(C)C)c5ccc6ccc7c(-c8ccccc8C(C)(C)C)cc(c3c2=O)c2c7c6c5c42)cc1. The molecule has 0 saturated heterocycles. The molecule has 3 heteroatoms. The van der Waals surface area contributed by atoms with Gasteiger partial charge in [0, 0.05) is 0 Å². The first-order chi connectivity index (χ1) is 24.8. The van der Waals surface area contributed by atoms with E-state index in [4.69, 9.17) is 0 Å². The zero-order chi connectivity index (χ0) is 36.0. The van der Waals surface area contributed by atoms with Crippen LogP contribution in [0.2, 0.25) is 0 Å². The molecule has 10 rings (SSSR count). The molecule has 0 atom stereocenters. The third-order valence-electron chi connectivity index (χ3n) is 11.6. The van der Waals surface area contributed by atoms with E-state index < -0.39 is 0 Å². The molecule has 1 aromatic heterocycles. The first-order valence-corrected chi connectivity index (χ1v) is 18.3. The van der Waals surface area contributed by atoms with E-state index in [-0.39, 0.29) is 21.9 Å². The monoisotopic (exact) mass is 673 g/mol. The summed E-state index contributed by atoms with van der Waals surface area (Å²) in [6.07, 6.45) is 0. The standard InChI is InChI=1S/C49H39NO2/c1-26-16-20-28(21-17-26)50-46(51)44-35-24-33(29-12-8-10-14-37(29)48(2,3)4)31-22-18-27-19-23-32-34(30-13-9-11-15-38(30)49(5,6)7)25-36(45(44)47(50)52)43-41(32)39(27)40(31)42(35)43/h8-25H,1-7H3. The van der Waals surface area contributed by atoms with E-state index in [9.17, 15) is 9.59 Å². The van der Waals surface area contributed by atoms with Crippen LogP contribution in [0.15, 0.2) is 119 Å². The highest BCUT2D eigenvalue weighted by Crippen LogP contribution is 2.54. The van der Waals surface area contributed by atoms with Crippen molar-refractivity contribution in [2.45, 2.75) is 59.3 Å². The van der Waals surface area contributed by atoms with Crippen molar-refractivity contribution in [1.82, 2.24) is 4.57 Å². The number of hydrogen-bond donors (Lipinski definition) is 0. The summed E-state index contributed by atoms with van der Waals surface area (Å²) in [5, 5.41) is 12.0. The molecule has 52 heavy (non-hydrogen) atoms. The smallest absolute Gasteiger partial charge is 0.266 e. The lowest BCUT2D eigenvalue weighted by atomic mass is 9.80. The third kappa shape index (κ3) is 3.97. The van der Waals surface area contributed by atoms with E-state index in [2.05, 4.69) is 126 Å². The van der Waals surface area contributed by atoms with Crippen molar-refractivity contribution in [1.29, 1.82) is 0 Å². The minimum atomic E-state index is -0.264. The first-order valence-electron chi connectivity index (χ1n) is 18.3. The molecule has 9 aromatic carbocycles. The van der Waals surface area contributed by atoms with Crippen molar-refractivity contribution >= 4 is 64.6 Å². The molecule has 0 aliphatic rings. The van der Waals surface area contributed by atoms with Crippen LogP contribution in [-0.2, 0) is 10.8 Å². The van der Waals surface area contributed by atoms with Crippen LogP contribution in [0.3, 0.4) is 0 Å². The van der Waals surface area contributed by atoms with Gasteiger partial charge < -0.3 is 0 Å². The van der Waals surface area contributed by atoms with Gasteiger partial charge in [-0.3, -0.25) is 9.59 Å². The number of aryl methyl sites for hydroxylation is 1. The minimum Gasteiger partial charge on any atom is -0.268 e. The molecule has 0 fully saturated rings. The van der Waals surface area contributed by atoms with Gasteiger partial charge >= 0.3 is 0 Å². The van der Waals surface area contributed by atoms with Gasteiger partial charge in [-0.2, -0.15) is 0 Å². The van der Waals surface area contributed by atoms with Crippen molar-refractivity contribution in [3.05, 3.63) is 147 Å². The fourth-order valence-corrected chi connectivity index (χ4v) is 9.31. The fourth-order valence-electron chi connectivity index (χ4n) is 9.31. The summed E-state index contributed by atoms with van der Waals surface area (Å²) in [4.78, 5) is 29.9. The van der Waals surface area contributed by atoms with Gasteiger partial charge in [0.05, 0.1) is 16.5 Å². The number of hydrogen-bond acceptors (Lipinski definition) is 2. The van der Waals surface area contributed by atoms with Gasteiger partial charge in [0.25, 0.3) is 11.1 Å². The van der Waals surface area contributed by atoms with E-state index in [1.807, 2.05) is 31.2 Å². The Bertz CT molecular complexity index is 2980. The molecule has 0 bridgehead atoms. The molecule has 0 aliphatic carbocycles. The Morgan fingerprint density at radius 1 is 0.423 bits per heavy atom. The summed E-state index contributed by atoms with van der Waals surface area (Å²) < 4.78 is 1.40. The second-order valence-corrected chi connectivity index (χ2v) is 16.9. The molecule has 0 saturated carbocycles. The molecule has 0 amide bonds. The number of benzene rings is 8. The Balaban J connectivity index is 1.50. The molecule has 10 aromatic rings. The Kier molecular flexibility index (Phi) is 6.06. The lowest BCUT2D eigenvalue weighted by Gasteiger charge is -2.24. The van der Waals surface area contributed by atoms with Crippen LogP contribution in [0.4, 0.5) is 0 Å². The van der Waals surface area contributed by atoms with Crippen LogP contribution in [0, 0.1) is 6.92 Å². The molecule has 0 spiro atoms. The van der Waals surface area contributed by atoms with E-state index >= 15 is 0 Å². The number of rotatable bonds is 3. The Hall–Kier alpha value is -5.80. The molecule has 3 nitrogen and oxygen atoms in total. The predicted molar refractivity (Wildman–Crippen MR) is 221 cm³/mol. The second kappa shape index (κ2) is 10.2. The fraction of sp³-hybridized carbons (Fsp3) is 0.184. The summed E-state index contributed by atoms with van der Waals surface area (Å²) in [5.41, 5.74) is 7.89. The lowest BCUT2D eigenvalue weighted by molar-refractivity contribution is 0.592. The summed E-state index contributed by atoms with van der Waals surface area (Å²) in [6.45, 7) is 15.5. The zero-order valence-electron chi connectivity index (χ0n) is 30.7. The third-order valence-corrected chi connectivity index (χ3v) is 11.6. The predicted octanol–water partition coefficient (Wildman–Crippen LogP) is 12.1. The highest BCUT2D eigenvalue weighted by molar-refractivity contribution is 6.50. The summed E-state index contributed by atoms with van der Waals surface area (Å²) >= 11 is 0. The first kappa shape index (κ1) is 31.0. The maximum atomic E-state index is 15.0. The molecule has 0 N–H and O–H groups in total. The van der Waals surface area contributed by atoms with Crippen LogP contribution >= 0.6 is 0 Å². The molecular formula is C49H39NO2. The largest absolute Gasteiger partial charge is 0.268 e. The van der Waals surface area contributed by atoms with Gasteiger partial charge in [0.2, 0.25) is 0 Å². The number of nitrogens with zero attached hydrogens (tertiary/aromatic N) is 1. The van der Waals surface area contributed by atoms with Gasteiger partial charge in [-0.05, 0) is 129 Å². The van der Waals surface area contributed by atoms with Crippen molar-refractivity contribution in [3.8, 4) is 27.9 Å². The summed E-state index contributed by atoms with van der Waals surface area (Å²) in [6, 6.07) is 38.5. The Morgan fingerprint density at radius 3 is 1.29 bits per heavy atom. The van der Waals surface area contributed by atoms with E-state index in [0.717, 1.165) is 49.4 Å². The van der Waals surface area contributed by atoms with Gasteiger partial charge in [-0.1, -0.05) is 132 Å².